The van der Waals surface area contributed by atoms with Crippen LogP contribution in [-0.4, -0.2) is 5.78 Å². The van der Waals surface area contributed by atoms with E-state index in [1.807, 2.05) is 20.8 Å². The first kappa shape index (κ1) is 16.9. The minimum Gasteiger partial charge on any atom is -0.488 e. The van der Waals surface area contributed by atoms with Crippen molar-refractivity contribution in [3.05, 3.63) is 68.4 Å². The Morgan fingerprint density at radius 2 is 1.79 bits per heavy atom. The highest BCUT2D eigenvalue weighted by atomic mass is 35.5. The van der Waals surface area contributed by atoms with Crippen LogP contribution in [0.4, 0.5) is 0 Å². The summed E-state index contributed by atoms with van der Waals surface area (Å²) in [7, 11) is 0. The lowest BCUT2D eigenvalue weighted by Gasteiger charge is -2.13. The van der Waals surface area contributed by atoms with Gasteiger partial charge >= 0.3 is 0 Å². The van der Waals surface area contributed by atoms with Gasteiger partial charge < -0.3 is 9.47 Å². The number of fused-ring (bicyclic) bond motifs is 1. The van der Waals surface area contributed by atoms with Gasteiger partial charge in [0, 0.05) is 21.2 Å². The first-order chi connectivity index (χ1) is 11.4. The van der Waals surface area contributed by atoms with E-state index in [1.165, 1.54) is 0 Å². The molecule has 1 aliphatic heterocycles. The van der Waals surface area contributed by atoms with Gasteiger partial charge in [-0.15, -0.1) is 0 Å². The van der Waals surface area contributed by atoms with Crippen molar-refractivity contribution in [2.24, 2.45) is 0 Å². The van der Waals surface area contributed by atoms with Gasteiger partial charge in [0.1, 0.15) is 18.1 Å². The second-order valence-electron chi connectivity index (χ2n) is 5.81. The molecule has 2 aromatic rings. The molecule has 0 amide bonds. The van der Waals surface area contributed by atoms with Crippen molar-refractivity contribution in [3.8, 4) is 11.5 Å². The molecule has 3 nitrogen and oxygen atoms in total. The van der Waals surface area contributed by atoms with E-state index in [9.17, 15) is 4.79 Å². The van der Waals surface area contributed by atoms with E-state index in [0.29, 0.717) is 32.9 Å². The molecule has 0 unspecified atom stereocenters. The van der Waals surface area contributed by atoms with Gasteiger partial charge in [0.2, 0.25) is 5.78 Å². The molecule has 1 heterocycles. The van der Waals surface area contributed by atoms with Crippen LogP contribution in [0.5, 0.6) is 11.5 Å². The fourth-order valence-electron chi connectivity index (χ4n) is 2.56. The van der Waals surface area contributed by atoms with Crippen LogP contribution in [0.1, 0.15) is 35.3 Å². The third kappa shape index (κ3) is 2.90. The fraction of sp³-hybridized carbons (Fsp3) is 0.211. The van der Waals surface area contributed by atoms with Crippen molar-refractivity contribution < 1.29 is 14.3 Å². The summed E-state index contributed by atoms with van der Waals surface area (Å²) in [6.45, 7) is 5.81. The summed E-state index contributed by atoms with van der Waals surface area (Å²) in [6, 6.07) is 8.82. The van der Waals surface area contributed by atoms with Crippen LogP contribution < -0.4 is 9.47 Å². The van der Waals surface area contributed by atoms with E-state index in [-0.39, 0.29) is 12.4 Å². The van der Waals surface area contributed by atoms with Gasteiger partial charge in [0.25, 0.3) is 0 Å². The van der Waals surface area contributed by atoms with Crippen LogP contribution in [0.2, 0.25) is 10.0 Å². The smallest absolute Gasteiger partial charge is 0.231 e. The van der Waals surface area contributed by atoms with Crippen LogP contribution in [0, 0.1) is 6.92 Å². The maximum absolute atomic E-state index is 12.3. The Morgan fingerprint density at radius 1 is 1.12 bits per heavy atom. The quantitative estimate of drug-likeness (QED) is 0.652. The summed E-state index contributed by atoms with van der Waals surface area (Å²) in [6.07, 6.45) is 0. The minimum atomic E-state index is -0.0891. The average Bonchev–Trinajstić information content (AvgIpc) is 2.87. The van der Waals surface area contributed by atoms with Crippen molar-refractivity contribution in [3.63, 3.8) is 0 Å². The monoisotopic (exact) mass is 362 g/mol. The van der Waals surface area contributed by atoms with Gasteiger partial charge in [-0.25, -0.2) is 0 Å². The van der Waals surface area contributed by atoms with Crippen LogP contribution in [-0.2, 0) is 6.61 Å². The second-order valence-corrected chi connectivity index (χ2v) is 6.63. The average molecular weight is 363 g/mol. The summed E-state index contributed by atoms with van der Waals surface area (Å²) in [5.74, 6) is 1.49. The van der Waals surface area contributed by atoms with E-state index >= 15 is 0 Å². The Balaban J connectivity index is 1.89. The molecule has 0 spiro atoms. The second kappa shape index (κ2) is 6.50. The Hall–Kier alpha value is -1.97. The zero-order chi connectivity index (χ0) is 17.4. The molecule has 1 aliphatic rings. The molecule has 0 N–H and O–H groups in total. The Bertz CT molecular complexity index is 845. The molecule has 24 heavy (non-hydrogen) atoms. The van der Waals surface area contributed by atoms with Gasteiger partial charge in [-0.1, -0.05) is 29.3 Å². The summed E-state index contributed by atoms with van der Waals surface area (Å²) < 4.78 is 11.6. The Labute approximate surface area is 150 Å². The molecule has 0 atom stereocenters. The van der Waals surface area contributed by atoms with E-state index in [0.717, 1.165) is 16.7 Å². The number of hydrogen-bond donors (Lipinski definition) is 0. The number of carbonyl (C=O) groups is 1. The summed E-state index contributed by atoms with van der Waals surface area (Å²) >= 11 is 12.3. The molecule has 3 rings (SSSR count). The van der Waals surface area contributed by atoms with Gasteiger partial charge in [0.05, 0.1) is 5.56 Å². The number of ketones is 1. The maximum Gasteiger partial charge on any atom is 0.231 e. The highest BCUT2D eigenvalue weighted by Gasteiger charge is 2.30. The largest absolute Gasteiger partial charge is 0.488 e. The number of benzene rings is 2. The van der Waals surface area contributed by atoms with Crippen molar-refractivity contribution in [1.29, 1.82) is 0 Å². The molecule has 0 saturated carbocycles. The molecule has 2 aromatic carbocycles. The van der Waals surface area contributed by atoms with Crippen LogP contribution in [0.15, 0.2) is 41.7 Å². The first-order valence-corrected chi connectivity index (χ1v) is 8.25. The number of Topliss-reactive ketones (excluding diaryl/α,β-unsaturated/α-hetero) is 1. The van der Waals surface area contributed by atoms with Crippen LogP contribution >= 0.6 is 23.2 Å². The lowest BCUT2D eigenvalue weighted by Crippen LogP contribution is -2.00. The summed E-state index contributed by atoms with van der Waals surface area (Å²) in [5, 5.41) is 1.11. The SMILES string of the molecule is CC(C)=C1Oc2c(ccc(OCc3c(Cl)cccc3Cl)c2C)C1=O. The molecule has 0 fully saturated rings. The third-order valence-corrected chi connectivity index (χ3v) is 4.61. The van der Waals surface area contributed by atoms with E-state index in [2.05, 4.69) is 0 Å². The van der Waals surface area contributed by atoms with Gasteiger partial charge in [-0.2, -0.15) is 0 Å². The van der Waals surface area contributed by atoms with Crippen LogP contribution in [0.25, 0.3) is 0 Å². The fourth-order valence-corrected chi connectivity index (χ4v) is 3.07. The van der Waals surface area contributed by atoms with Crippen molar-refractivity contribution >= 4 is 29.0 Å². The highest BCUT2D eigenvalue weighted by Crippen LogP contribution is 2.40. The predicted molar refractivity (Wildman–Crippen MR) is 95.3 cm³/mol. The first-order valence-electron chi connectivity index (χ1n) is 7.49. The van der Waals surface area contributed by atoms with E-state index in [1.54, 1.807) is 30.3 Å². The molecule has 124 valence electrons. The van der Waals surface area contributed by atoms with Gasteiger partial charge in [0.15, 0.2) is 5.76 Å². The zero-order valence-electron chi connectivity index (χ0n) is 13.6. The number of carbonyl (C=O) groups excluding carboxylic acids is 1. The lowest BCUT2D eigenvalue weighted by molar-refractivity contribution is 0.101. The molecule has 0 aliphatic carbocycles. The molecular weight excluding hydrogens is 347 g/mol. The molecule has 0 bridgehead atoms. The minimum absolute atomic E-state index is 0.0891. The number of ether oxygens (including phenoxy) is 2. The summed E-state index contributed by atoms with van der Waals surface area (Å²) in [5.41, 5.74) is 2.91. The van der Waals surface area contributed by atoms with Crippen molar-refractivity contribution in [1.82, 2.24) is 0 Å². The number of hydrogen-bond acceptors (Lipinski definition) is 3. The predicted octanol–water partition coefficient (Wildman–Crippen LogP) is 5.75. The normalized spacial score (nSPS) is 12.9. The molecule has 5 heteroatoms. The molecule has 0 saturated heterocycles. The van der Waals surface area contributed by atoms with E-state index < -0.39 is 0 Å². The highest BCUT2D eigenvalue weighted by molar-refractivity contribution is 6.35. The zero-order valence-corrected chi connectivity index (χ0v) is 15.1. The lowest BCUT2D eigenvalue weighted by atomic mass is 10.1. The van der Waals surface area contributed by atoms with Crippen molar-refractivity contribution in [2.75, 3.05) is 0 Å². The van der Waals surface area contributed by atoms with Crippen molar-refractivity contribution in [2.45, 2.75) is 27.4 Å². The Kier molecular flexibility index (Phi) is 4.57. The van der Waals surface area contributed by atoms with E-state index in [4.69, 9.17) is 32.7 Å². The van der Waals surface area contributed by atoms with Gasteiger partial charge in [-0.3, -0.25) is 4.79 Å². The summed E-state index contributed by atoms with van der Waals surface area (Å²) in [4.78, 5) is 12.3. The maximum atomic E-state index is 12.3. The Morgan fingerprint density at radius 3 is 2.42 bits per heavy atom. The molecular formula is C19H16Cl2O3. The number of rotatable bonds is 3. The number of allylic oxidation sites excluding steroid dienone is 2. The molecule has 0 aromatic heterocycles. The third-order valence-electron chi connectivity index (χ3n) is 3.90. The molecule has 0 radical (unpaired) electrons. The number of halogens is 2. The van der Waals surface area contributed by atoms with Crippen LogP contribution in [0.3, 0.4) is 0 Å². The van der Waals surface area contributed by atoms with Gasteiger partial charge in [-0.05, 0) is 50.6 Å². The standard InChI is InChI=1S/C19H16Cl2O3/c1-10(2)18-17(22)12-7-8-16(11(3)19(12)24-18)23-9-13-14(20)5-4-6-15(13)21/h4-8H,9H2,1-3H3. The topological polar surface area (TPSA) is 35.5 Å².